The summed E-state index contributed by atoms with van der Waals surface area (Å²) in [5, 5.41) is 5.90. The van der Waals surface area contributed by atoms with Crippen molar-refractivity contribution in [1.29, 1.82) is 0 Å². The van der Waals surface area contributed by atoms with Crippen molar-refractivity contribution in [3.8, 4) is 11.5 Å². The lowest BCUT2D eigenvalue weighted by atomic mass is 9.99. The summed E-state index contributed by atoms with van der Waals surface area (Å²) in [6, 6.07) is 4.10. The number of urea groups is 1. The molecule has 0 spiro atoms. The van der Waals surface area contributed by atoms with Gasteiger partial charge in [-0.15, -0.1) is 0 Å². The molecule has 0 unspecified atom stereocenters. The molecule has 0 aromatic heterocycles. The van der Waals surface area contributed by atoms with Gasteiger partial charge in [0, 0.05) is 32.1 Å². The highest BCUT2D eigenvalue weighted by Gasteiger charge is 2.23. The van der Waals surface area contributed by atoms with E-state index in [4.69, 9.17) is 9.47 Å². The van der Waals surface area contributed by atoms with E-state index in [0.717, 1.165) is 24.8 Å². The molecular weight excluding hydrogens is 346 g/mol. The lowest BCUT2D eigenvalue weighted by Crippen LogP contribution is -2.44. The van der Waals surface area contributed by atoms with E-state index in [2.05, 4.69) is 10.6 Å². The van der Waals surface area contributed by atoms with Crippen LogP contribution in [0.4, 0.5) is 4.79 Å². The van der Waals surface area contributed by atoms with Gasteiger partial charge in [0.1, 0.15) is 0 Å². The largest absolute Gasteiger partial charge is 0.493 e. The van der Waals surface area contributed by atoms with Crippen LogP contribution in [0, 0.1) is 0 Å². The van der Waals surface area contributed by atoms with Gasteiger partial charge in [-0.25, -0.2) is 4.79 Å². The number of fused-ring (bicyclic) bond motifs is 1. The summed E-state index contributed by atoms with van der Waals surface area (Å²) in [4.78, 5) is 26.2. The average molecular weight is 375 g/mol. The van der Waals surface area contributed by atoms with E-state index in [9.17, 15) is 9.59 Å². The fourth-order valence-electron chi connectivity index (χ4n) is 3.82. The van der Waals surface area contributed by atoms with E-state index in [-0.39, 0.29) is 11.9 Å². The van der Waals surface area contributed by atoms with Crippen LogP contribution in [0.2, 0.25) is 0 Å². The molecule has 1 aromatic rings. The molecular formula is C20H29N3O4. The minimum absolute atomic E-state index is 0.0167. The first-order valence-corrected chi connectivity index (χ1v) is 9.66. The van der Waals surface area contributed by atoms with Gasteiger partial charge in [-0.3, -0.25) is 4.79 Å². The number of carbonyl (C=O) groups excluding carboxylic acids is 2. The zero-order chi connectivity index (χ0) is 19.2. The van der Waals surface area contributed by atoms with Crippen LogP contribution in [-0.2, 0) is 17.8 Å². The third-order valence-electron chi connectivity index (χ3n) is 5.35. The lowest BCUT2D eigenvalue weighted by molar-refractivity contribution is -0.121. The Morgan fingerprint density at radius 3 is 2.44 bits per heavy atom. The van der Waals surface area contributed by atoms with Crippen LogP contribution in [0.1, 0.15) is 43.2 Å². The molecule has 0 atom stereocenters. The summed E-state index contributed by atoms with van der Waals surface area (Å²) in [6.07, 6.45) is 5.60. The number of hydrogen-bond acceptors (Lipinski definition) is 4. The van der Waals surface area contributed by atoms with Gasteiger partial charge in [0.05, 0.1) is 14.2 Å². The molecule has 1 aromatic carbocycles. The van der Waals surface area contributed by atoms with E-state index < -0.39 is 0 Å². The number of hydrogen-bond donors (Lipinski definition) is 2. The first-order chi connectivity index (χ1) is 13.1. The van der Waals surface area contributed by atoms with Crippen LogP contribution in [0.25, 0.3) is 0 Å². The van der Waals surface area contributed by atoms with Crippen molar-refractivity contribution in [3.05, 3.63) is 23.3 Å². The number of nitrogens with zero attached hydrogens (tertiary/aromatic N) is 1. The van der Waals surface area contributed by atoms with Crippen molar-refractivity contribution in [2.24, 2.45) is 0 Å². The standard InChI is InChI=1S/C20H29N3O4/c1-26-17-11-14-8-10-23(13-15(14)12-18(17)27-2)20(25)21-9-7-19(24)22-16-5-3-4-6-16/h11-12,16H,3-10,13H2,1-2H3,(H,21,25)(H,22,24). The molecule has 7 nitrogen and oxygen atoms in total. The van der Waals surface area contributed by atoms with E-state index in [1.807, 2.05) is 12.1 Å². The second-order valence-corrected chi connectivity index (χ2v) is 7.18. The summed E-state index contributed by atoms with van der Waals surface area (Å²) in [7, 11) is 3.23. The normalized spacial score (nSPS) is 16.6. The summed E-state index contributed by atoms with van der Waals surface area (Å²) < 4.78 is 10.7. The van der Waals surface area contributed by atoms with Crippen LogP contribution in [0.5, 0.6) is 11.5 Å². The monoisotopic (exact) mass is 375 g/mol. The zero-order valence-corrected chi connectivity index (χ0v) is 16.2. The first kappa shape index (κ1) is 19.3. The number of ether oxygens (including phenoxy) is 2. The maximum Gasteiger partial charge on any atom is 0.317 e. The molecule has 0 bridgehead atoms. The number of methoxy groups -OCH3 is 2. The maximum atomic E-state index is 12.4. The van der Waals surface area contributed by atoms with Gasteiger partial charge in [-0.1, -0.05) is 12.8 Å². The molecule has 2 N–H and O–H groups in total. The SMILES string of the molecule is COc1cc2c(cc1OC)CN(C(=O)NCCC(=O)NC1CCCC1)CC2. The Bertz CT molecular complexity index is 686. The molecule has 2 aliphatic rings. The molecule has 148 valence electrons. The van der Waals surface area contributed by atoms with Crippen molar-refractivity contribution in [2.45, 2.75) is 51.1 Å². The minimum atomic E-state index is -0.135. The van der Waals surface area contributed by atoms with Crippen molar-refractivity contribution in [2.75, 3.05) is 27.3 Å². The highest BCUT2D eigenvalue weighted by molar-refractivity contribution is 5.78. The van der Waals surface area contributed by atoms with Crippen molar-refractivity contribution in [3.63, 3.8) is 0 Å². The van der Waals surface area contributed by atoms with E-state index in [1.165, 1.54) is 18.4 Å². The van der Waals surface area contributed by atoms with Crippen molar-refractivity contribution < 1.29 is 19.1 Å². The van der Waals surface area contributed by atoms with Gasteiger partial charge in [-0.2, -0.15) is 0 Å². The topological polar surface area (TPSA) is 79.9 Å². The van der Waals surface area contributed by atoms with E-state index in [1.54, 1.807) is 19.1 Å². The van der Waals surface area contributed by atoms with Crippen LogP contribution in [0.3, 0.4) is 0 Å². The Morgan fingerprint density at radius 1 is 1.11 bits per heavy atom. The van der Waals surface area contributed by atoms with Crippen LogP contribution in [-0.4, -0.2) is 50.2 Å². The molecule has 1 saturated carbocycles. The molecule has 0 saturated heterocycles. The molecule has 1 aliphatic carbocycles. The molecule has 7 heteroatoms. The Hall–Kier alpha value is -2.44. The van der Waals surface area contributed by atoms with E-state index in [0.29, 0.717) is 43.6 Å². The summed E-state index contributed by atoms with van der Waals surface area (Å²) >= 11 is 0. The molecule has 3 amide bonds. The van der Waals surface area contributed by atoms with Gasteiger partial charge < -0.3 is 25.0 Å². The van der Waals surface area contributed by atoms with Gasteiger partial charge in [0.15, 0.2) is 11.5 Å². The van der Waals surface area contributed by atoms with Gasteiger partial charge >= 0.3 is 6.03 Å². The van der Waals surface area contributed by atoms with E-state index >= 15 is 0 Å². The second kappa shape index (κ2) is 8.97. The number of amides is 3. The third-order valence-corrected chi connectivity index (χ3v) is 5.35. The number of benzene rings is 1. The molecule has 1 aliphatic heterocycles. The van der Waals surface area contributed by atoms with Gasteiger partial charge in [0.2, 0.25) is 5.91 Å². The van der Waals surface area contributed by atoms with Crippen LogP contribution < -0.4 is 20.1 Å². The fourth-order valence-corrected chi connectivity index (χ4v) is 3.82. The highest BCUT2D eigenvalue weighted by Crippen LogP contribution is 2.33. The van der Waals surface area contributed by atoms with Gasteiger partial charge in [0.25, 0.3) is 0 Å². The number of nitrogens with one attached hydrogen (secondary N) is 2. The molecule has 0 radical (unpaired) electrons. The zero-order valence-electron chi connectivity index (χ0n) is 16.2. The maximum absolute atomic E-state index is 12.4. The predicted molar refractivity (Wildman–Crippen MR) is 102 cm³/mol. The predicted octanol–water partition coefficient (Wildman–Crippen LogP) is 2.22. The van der Waals surface area contributed by atoms with Crippen LogP contribution >= 0.6 is 0 Å². The Balaban J connectivity index is 1.48. The Morgan fingerprint density at radius 2 is 1.78 bits per heavy atom. The smallest absolute Gasteiger partial charge is 0.317 e. The third kappa shape index (κ3) is 4.84. The quantitative estimate of drug-likeness (QED) is 0.799. The minimum Gasteiger partial charge on any atom is -0.493 e. The molecule has 1 heterocycles. The Kier molecular flexibility index (Phi) is 6.42. The molecule has 3 rings (SSSR count). The van der Waals surface area contributed by atoms with Gasteiger partial charge in [-0.05, 0) is 42.5 Å². The molecule has 27 heavy (non-hydrogen) atoms. The summed E-state index contributed by atoms with van der Waals surface area (Å²) in [5.74, 6) is 1.40. The second-order valence-electron chi connectivity index (χ2n) is 7.18. The molecule has 1 fully saturated rings. The summed E-state index contributed by atoms with van der Waals surface area (Å²) in [6.45, 7) is 1.52. The average Bonchev–Trinajstić information content (AvgIpc) is 3.19. The first-order valence-electron chi connectivity index (χ1n) is 9.66. The fraction of sp³-hybridized carbons (Fsp3) is 0.600. The number of carbonyl (C=O) groups is 2. The van der Waals surface area contributed by atoms with Crippen molar-refractivity contribution >= 4 is 11.9 Å². The lowest BCUT2D eigenvalue weighted by Gasteiger charge is -2.29. The Labute approximate surface area is 160 Å². The highest BCUT2D eigenvalue weighted by atomic mass is 16.5. The van der Waals surface area contributed by atoms with Crippen molar-refractivity contribution in [1.82, 2.24) is 15.5 Å². The van der Waals surface area contributed by atoms with Crippen LogP contribution in [0.15, 0.2) is 12.1 Å². The number of rotatable bonds is 6. The summed E-state index contributed by atoms with van der Waals surface area (Å²) in [5.41, 5.74) is 2.24.